The van der Waals surface area contributed by atoms with Gasteiger partial charge >= 0.3 is 12.0 Å². The zero-order chi connectivity index (χ0) is 20.8. The van der Waals surface area contributed by atoms with Crippen molar-refractivity contribution < 1.29 is 19.1 Å². The second-order valence-corrected chi connectivity index (χ2v) is 7.85. The number of nitrogens with zero attached hydrogens (tertiary/aromatic N) is 1. The number of rotatable bonds is 6. The Morgan fingerprint density at radius 3 is 2.66 bits per heavy atom. The van der Waals surface area contributed by atoms with E-state index >= 15 is 0 Å². The van der Waals surface area contributed by atoms with E-state index in [1.54, 1.807) is 11.8 Å². The summed E-state index contributed by atoms with van der Waals surface area (Å²) in [5.74, 6) is -0.643. The summed E-state index contributed by atoms with van der Waals surface area (Å²) in [6, 6.07) is 9.29. The Labute approximate surface area is 174 Å². The standard InChI is InChI=1S/C21H25N3O4S/c1-3-22-21(27)24-11-10-15-16(13-24)29-19(18(15)20(26)28-4-2)23-17(25)12-14-8-6-5-7-9-14/h5-10,16H,3-4,11-13H2,1-2H3,(H,22,27)(H,23,25). The van der Waals surface area contributed by atoms with Crippen molar-refractivity contribution in [2.75, 3.05) is 26.2 Å². The molecule has 0 fully saturated rings. The van der Waals surface area contributed by atoms with Gasteiger partial charge in [0.15, 0.2) is 0 Å². The molecule has 2 aliphatic rings. The molecule has 0 saturated carbocycles. The summed E-state index contributed by atoms with van der Waals surface area (Å²) in [7, 11) is 0. The molecule has 1 aromatic rings. The number of carbonyl (C=O) groups is 3. The minimum Gasteiger partial charge on any atom is -0.462 e. The summed E-state index contributed by atoms with van der Waals surface area (Å²) >= 11 is 1.39. The summed E-state index contributed by atoms with van der Waals surface area (Å²) < 4.78 is 5.22. The topological polar surface area (TPSA) is 87.7 Å². The van der Waals surface area contributed by atoms with E-state index in [4.69, 9.17) is 4.74 Å². The molecule has 154 valence electrons. The average Bonchev–Trinajstić information content (AvgIpc) is 3.05. The van der Waals surface area contributed by atoms with Gasteiger partial charge in [-0.3, -0.25) is 4.79 Å². The van der Waals surface area contributed by atoms with Gasteiger partial charge in [0.05, 0.1) is 28.9 Å². The number of carbonyl (C=O) groups excluding carboxylic acids is 3. The average molecular weight is 416 g/mol. The fourth-order valence-electron chi connectivity index (χ4n) is 3.30. The molecule has 3 rings (SSSR count). The van der Waals surface area contributed by atoms with Gasteiger partial charge in [-0.1, -0.05) is 48.2 Å². The lowest BCUT2D eigenvalue weighted by Crippen LogP contribution is -2.45. The summed E-state index contributed by atoms with van der Waals surface area (Å²) in [5, 5.41) is 6.06. The van der Waals surface area contributed by atoms with Crippen LogP contribution in [0.3, 0.4) is 0 Å². The zero-order valence-electron chi connectivity index (χ0n) is 16.6. The monoisotopic (exact) mass is 415 g/mol. The molecular weight excluding hydrogens is 390 g/mol. The molecule has 2 aliphatic heterocycles. The SMILES string of the molecule is CCNC(=O)N1CC=C2C(C(=O)OCC)=C(NC(=O)Cc3ccccc3)SC2C1. The Bertz CT molecular complexity index is 851. The molecule has 1 unspecified atom stereocenters. The second-order valence-electron chi connectivity index (χ2n) is 6.64. The van der Waals surface area contributed by atoms with Gasteiger partial charge in [-0.25, -0.2) is 9.59 Å². The largest absolute Gasteiger partial charge is 0.462 e. The number of hydrogen-bond acceptors (Lipinski definition) is 5. The molecule has 1 aromatic carbocycles. The van der Waals surface area contributed by atoms with Crippen LogP contribution in [-0.2, 0) is 20.7 Å². The third-order valence-electron chi connectivity index (χ3n) is 4.60. The highest BCUT2D eigenvalue weighted by Gasteiger charge is 2.39. The maximum absolute atomic E-state index is 12.6. The molecule has 0 saturated heterocycles. The number of esters is 1. The van der Waals surface area contributed by atoms with E-state index in [-0.39, 0.29) is 30.2 Å². The molecule has 7 nitrogen and oxygen atoms in total. The molecule has 0 bridgehead atoms. The number of ether oxygens (including phenoxy) is 1. The maximum atomic E-state index is 12.6. The molecule has 8 heteroatoms. The summed E-state index contributed by atoms with van der Waals surface area (Å²) in [4.78, 5) is 39.0. The predicted octanol–water partition coefficient (Wildman–Crippen LogP) is 2.21. The highest BCUT2D eigenvalue weighted by molar-refractivity contribution is 8.04. The van der Waals surface area contributed by atoms with Crippen molar-refractivity contribution in [3.8, 4) is 0 Å². The highest BCUT2D eigenvalue weighted by atomic mass is 32.2. The summed E-state index contributed by atoms with van der Waals surface area (Å²) in [5.41, 5.74) is 2.12. The third-order valence-corrected chi connectivity index (χ3v) is 5.83. The normalized spacial score (nSPS) is 18.1. The lowest BCUT2D eigenvalue weighted by molar-refractivity contribution is -0.138. The minimum absolute atomic E-state index is 0.113. The first kappa shape index (κ1) is 21.0. The quantitative estimate of drug-likeness (QED) is 0.696. The van der Waals surface area contributed by atoms with E-state index in [9.17, 15) is 14.4 Å². The van der Waals surface area contributed by atoms with Crippen molar-refractivity contribution in [1.29, 1.82) is 0 Å². The Morgan fingerprint density at radius 1 is 1.21 bits per heavy atom. The van der Waals surface area contributed by atoms with Gasteiger partial charge in [-0.15, -0.1) is 0 Å². The Morgan fingerprint density at radius 2 is 1.97 bits per heavy atom. The molecule has 0 aliphatic carbocycles. The van der Waals surface area contributed by atoms with Crippen molar-refractivity contribution in [2.24, 2.45) is 0 Å². The number of fused-ring (bicyclic) bond motifs is 1. The highest BCUT2D eigenvalue weighted by Crippen LogP contribution is 2.43. The molecule has 29 heavy (non-hydrogen) atoms. The van der Waals surface area contributed by atoms with Crippen LogP contribution >= 0.6 is 11.8 Å². The van der Waals surface area contributed by atoms with Crippen molar-refractivity contribution in [1.82, 2.24) is 15.5 Å². The zero-order valence-corrected chi connectivity index (χ0v) is 17.4. The van der Waals surface area contributed by atoms with Crippen molar-refractivity contribution in [3.05, 3.63) is 58.1 Å². The molecule has 0 radical (unpaired) electrons. The van der Waals surface area contributed by atoms with Crippen LogP contribution in [0.4, 0.5) is 4.79 Å². The summed E-state index contributed by atoms with van der Waals surface area (Å²) in [6.07, 6.45) is 2.09. The van der Waals surface area contributed by atoms with Gasteiger partial charge in [0, 0.05) is 19.6 Å². The summed E-state index contributed by atoms with van der Waals surface area (Å²) in [6.45, 7) is 5.29. The van der Waals surface area contributed by atoms with Crippen LogP contribution in [0.25, 0.3) is 0 Å². The van der Waals surface area contributed by atoms with E-state index in [1.807, 2.05) is 43.3 Å². The van der Waals surface area contributed by atoms with E-state index in [1.165, 1.54) is 11.8 Å². The smallest absolute Gasteiger partial charge is 0.341 e. The fraction of sp³-hybridized carbons (Fsp3) is 0.381. The van der Waals surface area contributed by atoms with Crippen LogP contribution in [-0.4, -0.2) is 54.3 Å². The third kappa shape index (κ3) is 5.00. The molecule has 0 aromatic heterocycles. The lowest BCUT2D eigenvalue weighted by atomic mass is 10.00. The van der Waals surface area contributed by atoms with Gasteiger partial charge in [-0.05, 0) is 25.0 Å². The van der Waals surface area contributed by atoms with Gasteiger partial charge < -0.3 is 20.3 Å². The lowest BCUT2D eigenvalue weighted by Gasteiger charge is -2.29. The first-order chi connectivity index (χ1) is 14.0. The fourth-order valence-corrected chi connectivity index (χ4v) is 4.67. The maximum Gasteiger partial charge on any atom is 0.341 e. The van der Waals surface area contributed by atoms with E-state index < -0.39 is 5.97 Å². The first-order valence-electron chi connectivity index (χ1n) is 9.68. The first-order valence-corrected chi connectivity index (χ1v) is 10.6. The number of nitrogens with one attached hydrogen (secondary N) is 2. The van der Waals surface area contributed by atoms with Crippen molar-refractivity contribution in [3.63, 3.8) is 0 Å². The van der Waals surface area contributed by atoms with Crippen LogP contribution in [0.2, 0.25) is 0 Å². The Kier molecular flexibility index (Phi) is 6.98. The van der Waals surface area contributed by atoms with E-state index in [0.29, 0.717) is 30.2 Å². The van der Waals surface area contributed by atoms with Gasteiger partial charge in [0.25, 0.3) is 0 Å². The Hall–Kier alpha value is -2.74. The van der Waals surface area contributed by atoms with Crippen LogP contribution in [0.1, 0.15) is 19.4 Å². The van der Waals surface area contributed by atoms with E-state index in [2.05, 4.69) is 10.6 Å². The van der Waals surface area contributed by atoms with Gasteiger partial charge in [0.2, 0.25) is 5.91 Å². The number of benzene rings is 1. The van der Waals surface area contributed by atoms with E-state index in [0.717, 1.165) is 11.1 Å². The van der Waals surface area contributed by atoms with Crippen molar-refractivity contribution in [2.45, 2.75) is 25.5 Å². The molecule has 2 N–H and O–H groups in total. The van der Waals surface area contributed by atoms with Crippen LogP contribution in [0.5, 0.6) is 0 Å². The van der Waals surface area contributed by atoms with Crippen LogP contribution in [0.15, 0.2) is 52.6 Å². The second kappa shape index (κ2) is 9.65. The number of urea groups is 1. The van der Waals surface area contributed by atoms with Crippen LogP contribution in [0, 0.1) is 0 Å². The number of thioether (sulfide) groups is 1. The molecule has 3 amide bonds. The number of amides is 3. The molecule has 0 spiro atoms. The number of hydrogen-bond donors (Lipinski definition) is 2. The minimum atomic E-state index is -0.449. The predicted molar refractivity (Wildman–Crippen MR) is 112 cm³/mol. The molecule has 2 heterocycles. The van der Waals surface area contributed by atoms with Crippen molar-refractivity contribution >= 4 is 29.7 Å². The van der Waals surface area contributed by atoms with Crippen LogP contribution < -0.4 is 10.6 Å². The van der Waals surface area contributed by atoms with Gasteiger partial charge in [-0.2, -0.15) is 0 Å². The molecule has 1 atom stereocenters. The van der Waals surface area contributed by atoms with Gasteiger partial charge in [0.1, 0.15) is 0 Å². The Balaban J connectivity index is 1.77. The molecular formula is C21H25N3O4S.